The predicted molar refractivity (Wildman–Crippen MR) is 98.1 cm³/mol. The predicted octanol–water partition coefficient (Wildman–Crippen LogP) is -1.76. The van der Waals surface area contributed by atoms with E-state index in [2.05, 4.69) is 24.7 Å². The first-order valence-corrected chi connectivity index (χ1v) is 8.48. The lowest BCUT2D eigenvalue weighted by Crippen LogP contribution is -2.33. The summed E-state index contributed by atoms with van der Waals surface area (Å²) in [5.41, 5.74) is 6.98. The number of hydrogen-bond donors (Lipinski definition) is 7. The molecule has 1 saturated heterocycles. The molecule has 0 spiro atoms. The second-order valence-electron chi connectivity index (χ2n) is 6.22. The fourth-order valence-electron chi connectivity index (χ4n) is 2.72. The van der Waals surface area contributed by atoms with E-state index in [1.807, 2.05) is 30.3 Å². The molecule has 11 nitrogen and oxygen atoms in total. The quantitative estimate of drug-likeness (QED) is 0.271. The summed E-state index contributed by atoms with van der Waals surface area (Å²) in [6, 6.07) is 9.87. The van der Waals surface area contributed by atoms with Crippen molar-refractivity contribution >= 4 is 17.1 Å². The molecular weight excluding hydrogens is 370 g/mol. The fraction of sp³-hybridized carbons (Fsp3) is 0.353. The molecule has 0 bridgehead atoms. The topological polar surface area (TPSA) is 191 Å². The molecule has 8 N–H and O–H groups in total. The van der Waals surface area contributed by atoms with Gasteiger partial charge < -0.3 is 35.9 Å². The van der Waals surface area contributed by atoms with Gasteiger partial charge in [-0.2, -0.15) is 4.98 Å². The number of aromatic amines is 2. The van der Waals surface area contributed by atoms with Crippen LogP contribution in [0.1, 0.15) is 11.4 Å². The van der Waals surface area contributed by atoms with Crippen molar-refractivity contribution < 1.29 is 25.2 Å². The van der Waals surface area contributed by atoms with Crippen LogP contribution in [0.3, 0.4) is 0 Å². The molecule has 0 saturated carbocycles. The van der Waals surface area contributed by atoms with E-state index < -0.39 is 31.2 Å². The number of imidazole rings is 1. The molecule has 0 aliphatic carbocycles. The number of nitrogens with zero attached hydrogens (tertiary/aromatic N) is 2. The zero-order valence-electron chi connectivity index (χ0n) is 14.7. The molecule has 4 rings (SSSR count). The summed E-state index contributed by atoms with van der Waals surface area (Å²) < 4.78 is 4.54. The third kappa shape index (κ3) is 4.35. The maximum absolute atomic E-state index is 11.6. The Morgan fingerprint density at radius 2 is 1.79 bits per heavy atom. The highest BCUT2D eigenvalue weighted by atomic mass is 16.6. The molecule has 150 valence electrons. The van der Waals surface area contributed by atoms with Crippen LogP contribution in [0.2, 0.25) is 0 Å². The number of nitrogens with two attached hydrogens (primary N) is 1. The number of H-pyrrole nitrogens is 2. The van der Waals surface area contributed by atoms with Gasteiger partial charge in [0, 0.05) is 6.42 Å². The van der Waals surface area contributed by atoms with Gasteiger partial charge in [0.05, 0.1) is 6.61 Å². The Hall–Kier alpha value is -2.83. The zero-order chi connectivity index (χ0) is 20.3. The number of fused-ring (bicyclic) bond motifs is 1. The molecule has 3 aromatic rings. The minimum absolute atomic E-state index is 0.0743. The third-order valence-corrected chi connectivity index (χ3v) is 4.16. The molecule has 1 fully saturated rings. The molecule has 3 heterocycles. The van der Waals surface area contributed by atoms with Crippen LogP contribution < -0.4 is 11.3 Å². The average molecular weight is 391 g/mol. The summed E-state index contributed by atoms with van der Waals surface area (Å²) in [6.07, 6.45) is -4.13. The highest BCUT2D eigenvalue weighted by Crippen LogP contribution is 2.18. The maximum atomic E-state index is 11.6. The van der Waals surface area contributed by atoms with Crippen molar-refractivity contribution in [2.45, 2.75) is 31.0 Å². The van der Waals surface area contributed by atoms with Gasteiger partial charge in [-0.05, 0) is 5.56 Å². The van der Waals surface area contributed by atoms with Crippen molar-refractivity contribution in [2.75, 3.05) is 12.3 Å². The van der Waals surface area contributed by atoms with Gasteiger partial charge in [0.15, 0.2) is 17.5 Å². The number of anilines is 1. The molecule has 0 amide bonds. The van der Waals surface area contributed by atoms with Crippen molar-refractivity contribution in [3.63, 3.8) is 0 Å². The first kappa shape index (κ1) is 19.9. The molecule has 0 radical (unpaired) electrons. The monoisotopic (exact) mass is 391 g/mol. The Labute approximate surface area is 158 Å². The number of hydrogen-bond acceptors (Lipinski definition) is 9. The second kappa shape index (κ2) is 8.46. The normalized spacial score (nSPS) is 24.1. The summed E-state index contributed by atoms with van der Waals surface area (Å²) >= 11 is 0. The van der Waals surface area contributed by atoms with E-state index in [0.29, 0.717) is 23.4 Å². The van der Waals surface area contributed by atoms with E-state index in [9.17, 15) is 4.79 Å². The minimum Gasteiger partial charge on any atom is -0.394 e. The van der Waals surface area contributed by atoms with Gasteiger partial charge >= 0.3 is 0 Å². The van der Waals surface area contributed by atoms with Gasteiger partial charge in [-0.15, -0.1) is 0 Å². The number of aliphatic hydroxyl groups is 4. The molecule has 1 aromatic carbocycles. The van der Waals surface area contributed by atoms with Gasteiger partial charge in [-0.1, -0.05) is 30.3 Å². The zero-order valence-corrected chi connectivity index (χ0v) is 14.7. The Bertz CT molecular complexity index is 975. The number of aromatic nitrogens is 4. The van der Waals surface area contributed by atoms with Crippen LogP contribution in [-0.2, 0) is 11.2 Å². The third-order valence-electron chi connectivity index (χ3n) is 4.16. The minimum atomic E-state index is -1.38. The average Bonchev–Trinajstić information content (AvgIpc) is 3.18. The van der Waals surface area contributed by atoms with Crippen molar-refractivity contribution in [1.82, 2.24) is 19.9 Å². The molecular formula is C17H21N5O6. The number of nitrogen functional groups attached to an aromatic ring is 1. The first-order valence-electron chi connectivity index (χ1n) is 8.48. The van der Waals surface area contributed by atoms with E-state index in [0.717, 1.165) is 5.56 Å². The summed E-state index contributed by atoms with van der Waals surface area (Å²) in [4.78, 5) is 25.3. The summed E-state index contributed by atoms with van der Waals surface area (Å²) in [7, 11) is 0. The molecule has 1 aliphatic heterocycles. The molecule has 1 unspecified atom stereocenters. The van der Waals surface area contributed by atoms with Crippen LogP contribution in [0, 0.1) is 0 Å². The summed E-state index contributed by atoms with van der Waals surface area (Å²) in [5, 5.41) is 35.0. The smallest absolute Gasteiger partial charge is 0.278 e. The standard InChI is InChI=1S/C12H11N5O.C5H10O5/c13-12-16-10-9(11(18)17-12)14-8(15-10)6-7-4-2-1-3-5-7;6-1-2-3(7)4(8)5(9)10-2/h1-5H,6H2,(H4,13,14,15,16,17,18);2-9H,1H2/t;2-,3-,4-,5?/m.1/s1. The molecule has 2 aromatic heterocycles. The van der Waals surface area contributed by atoms with Crippen LogP contribution in [0.4, 0.5) is 5.95 Å². The number of rotatable bonds is 3. The lowest BCUT2D eigenvalue weighted by Gasteiger charge is -2.09. The summed E-state index contributed by atoms with van der Waals surface area (Å²) in [5.74, 6) is 0.769. The lowest BCUT2D eigenvalue weighted by molar-refractivity contribution is -0.132. The Kier molecular flexibility index (Phi) is 6.02. The van der Waals surface area contributed by atoms with E-state index in [4.69, 9.17) is 26.2 Å². The second-order valence-corrected chi connectivity index (χ2v) is 6.22. The molecule has 1 aliphatic rings. The van der Waals surface area contributed by atoms with Gasteiger partial charge in [0.1, 0.15) is 24.1 Å². The van der Waals surface area contributed by atoms with Gasteiger partial charge in [0.2, 0.25) is 5.95 Å². The SMILES string of the molecule is Nc1nc2nc(Cc3ccccc3)[nH]c2c(=O)[nH]1.OC[C@H]1OC(O)[C@H](O)[C@@H]1O. The van der Waals surface area contributed by atoms with Gasteiger partial charge in [0.25, 0.3) is 5.56 Å². The Morgan fingerprint density at radius 3 is 2.36 bits per heavy atom. The van der Waals surface area contributed by atoms with Crippen LogP contribution >= 0.6 is 0 Å². The molecule has 11 heteroatoms. The summed E-state index contributed by atoms with van der Waals surface area (Å²) in [6.45, 7) is -0.407. The highest BCUT2D eigenvalue weighted by molar-refractivity contribution is 5.70. The maximum Gasteiger partial charge on any atom is 0.278 e. The van der Waals surface area contributed by atoms with Crippen LogP contribution in [0.5, 0.6) is 0 Å². The largest absolute Gasteiger partial charge is 0.394 e. The number of ether oxygens (including phenoxy) is 1. The van der Waals surface area contributed by atoms with E-state index in [-0.39, 0.29) is 11.5 Å². The highest BCUT2D eigenvalue weighted by Gasteiger charge is 2.41. The van der Waals surface area contributed by atoms with Crippen molar-refractivity contribution in [1.29, 1.82) is 0 Å². The van der Waals surface area contributed by atoms with E-state index in [1.54, 1.807) is 0 Å². The van der Waals surface area contributed by atoms with Crippen molar-refractivity contribution in [2.24, 2.45) is 0 Å². The first-order chi connectivity index (χ1) is 13.4. The van der Waals surface area contributed by atoms with Gasteiger partial charge in [-0.3, -0.25) is 9.78 Å². The lowest BCUT2D eigenvalue weighted by atomic mass is 10.1. The molecule has 4 atom stereocenters. The molecule has 28 heavy (non-hydrogen) atoms. The van der Waals surface area contributed by atoms with Crippen LogP contribution in [0.25, 0.3) is 11.2 Å². The Morgan fingerprint density at radius 1 is 1.07 bits per heavy atom. The van der Waals surface area contributed by atoms with Crippen LogP contribution in [0.15, 0.2) is 35.1 Å². The van der Waals surface area contributed by atoms with Crippen LogP contribution in [-0.4, -0.2) is 71.6 Å². The van der Waals surface area contributed by atoms with Gasteiger partial charge in [-0.25, -0.2) is 4.98 Å². The number of benzene rings is 1. The van der Waals surface area contributed by atoms with E-state index >= 15 is 0 Å². The van der Waals surface area contributed by atoms with Crippen molar-refractivity contribution in [3.05, 3.63) is 52.1 Å². The van der Waals surface area contributed by atoms with Crippen molar-refractivity contribution in [3.8, 4) is 0 Å². The number of aliphatic hydroxyl groups excluding tert-OH is 4. The number of nitrogens with one attached hydrogen (secondary N) is 2. The van der Waals surface area contributed by atoms with E-state index in [1.165, 1.54) is 0 Å². The Balaban J connectivity index is 0.000000192. The fourth-order valence-corrected chi connectivity index (χ4v) is 2.72.